The molecule has 0 saturated carbocycles. The van der Waals surface area contributed by atoms with Crippen molar-refractivity contribution in [3.63, 3.8) is 0 Å². The summed E-state index contributed by atoms with van der Waals surface area (Å²) >= 11 is 9.92. The molecular formula is C13H13AuF5N2S2-2. The molecule has 23 heavy (non-hydrogen) atoms. The molecule has 10 heteroatoms. The van der Waals surface area contributed by atoms with E-state index in [1.807, 2.05) is 9.80 Å². The van der Waals surface area contributed by atoms with Crippen molar-refractivity contribution in [3.05, 3.63) is 34.6 Å². The molecule has 135 valence electrons. The second-order valence-electron chi connectivity index (χ2n) is 4.98. The zero-order valence-electron chi connectivity index (χ0n) is 11.7. The summed E-state index contributed by atoms with van der Waals surface area (Å²) in [7, 11) is 0. The van der Waals surface area contributed by atoms with E-state index >= 15 is 0 Å². The number of nitrogens with zero attached hydrogens (tertiary/aromatic N) is 2. The van der Waals surface area contributed by atoms with Gasteiger partial charge in [-0.3, -0.25) is 0 Å². The normalized spacial score (nSPS) is 16.7. The smallest absolute Gasteiger partial charge is 0.200 e. The predicted molar refractivity (Wildman–Crippen MR) is 76.5 cm³/mol. The summed E-state index contributed by atoms with van der Waals surface area (Å²) in [4.78, 5) is 3.78. The molecule has 1 aliphatic rings. The van der Waals surface area contributed by atoms with Crippen molar-refractivity contribution in [3.8, 4) is 0 Å². The molecule has 2 nitrogen and oxygen atoms in total. The third-order valence-corrected chi connectivity index (χ3v) is 4.28. The van der Waals surface area contributed by atoms with Gasteiger partial charge in [-0.1, -0.05) is 0 Å². The molecule has 2 rings (SSSR count). The first-order valence-electron chi connectivity index (χ1n) is 6.61. The Balaban J connectivity index is 0.00000264. The van der Waals surface area contributed by atoms with E-state index in [1.165, 1.54) is 0 Å². The van der Waals surface area contributed by atoms with Gasteiger partial charge in [-0.15, -0.1) is 0 Å². The van der Waals surface area contributed by atoms with Crippen molar-refractivity contribution < 1.29 is 44.3 Å². The zero-order valence-corrected chi connectivity index (χ0v) is 15.5. The molecule has 0 amide bonds. The first-order valence-corrected chi connectivity index (χ1v) is 7.55. The third-order valence-electron chi connectivity index (χ3n) is 3.68. The summed E-state index contributed by atoms with van der Waals surface area (Å²) in [5.41, 5.74) is -0.775. The van der Waals surface area contributed by atoms with Gasteiger partial charge in [-0.2, -0.15) is 0 Å². The van der Waals surface area contributed by atoms with Crippen LogP contribution in [0.15, 0.2) is 0 Å². The summed E-state index contributed by atoms with van der Waals surface area (Å²) < 4.78 is 65.8. The molecule has 1 radical (unpaired) electrons. The van der Waals surface area contributed by atoms with Gasteiger partial charge in [0.05, 0.1) is 0 Å². The van der Waals surface area contributed by atoms with Crippen LogP contribution in [0.1, 0.15) is 5.56 Å². The fourth-order valence-corrected chi connectivity index (χ4v) is 2.76. The van der Waals surface area contributed by atoms with E-state index in [-0.39, 0.29) is 35.3 Å². The molecule has 1 heterocycles. The van der Waals surface area contributed by atoms with Crippen molar-refractivity contribution in [2.24, 2.45) is 0 Å². The average molecular weight is 553 g/mol. The van der Waals surface area contributed by atoms with Gasteiger partial charge in [0, 0.05) is 60.7 Å². The largest absolute Gasteiger partial charge is 0.800 e. The maximum Gasteiger partial charge on any atom is 0.200 e. The summed E-state index contributed by atoms with van der Waals surface area (Å²) in [6, 6.07) is 0. The van der Waals surface area contributed by atoms with E-state index < -0.39 is 39.4 Å². The number of hydrogen-bond donors (Lipinski definition) is 0. The van der Waals surface area contributed by atoms with Crippen LogP contribution in [0.25, 0.3) is 0 Å². The fraction of sp³-hybridized carbons (Fsp3) is 0.538. The number of rotatable bonds is 4. The minimum absolute atomic E-state index is 0. The van der Waals surface area contributed by atoms with Crippen LogP contribution in [0.5, 0.6) is 0 Å². The van der Waals surface area contributed by atoms with Crippen LogP contribution in [0.3, 0.4) is 0 Å². The van der Waals surface area contributed by atoms with Gasteiger partial charge in [-0.05, 0) is 6.42 Å². The summed E-state index contributed by atoms with van der Waals surface area (Å²) in [5, 5.41) is 0. The molecule has 0 aromatic heterocycles. The molecule has 0 N–H and O–H groups in total. The number of hydrogen-bond acceptors (Lipinski definition) is 4. The topological polar surface area (TPSA) is 6.48 Å². The molecule has 1 aromatic rings. The number of piperazine rings is 1. The van der Waals surface area contributed by atoms with Gasteiger partial charge >= 0.3 is 0 Å². The van der Waals surface area contributed by atoms with Gasteiger partial charge in [0.15, 0.2) is 23.3 Å². The Morgan fingerprint density at radius 2 is 1.22 bits per heavy atom. The van der Waals surface area contributed by atoms with Crippen molar-refractivity contribution >= 4 is 25.3 Å². The summed E-state index contributed by atoms with van der Waals surface area (Å²) in [6.07, 6.45) is -0.253. The molecule has 0 atom stereocenters. The van der Waals surface area contributed by atoms with E-state index in [2.05, 4.69) is 0 Å². The predicted octanol–water partition coefficient (Wildman–Crippen LogP) is 1.92. The minimum Gasteiger partial charge on any atom is -0.800 e. The second-order valence-corrected chi connectivity index (χ2v) is 6.17. The van der Waals surface area contributed by atoms with Crippen molar-refractivity contribution in [1.29, 1.82) is 0 Å². The average Bonchev–Trinajstić information content (AvgIpc) is 2.51. The Labute approximate surface area is 157 Å². The van der Waals surface area contributed by atoms with Gasteiger partial charge in [-0.25, -0.2) is 26.7 Å². The summed E-state index contributed by atoms with van der Waals surface area (Å²) in [6.45, 7) is 2.60. The standard InChI is InChI=1S/C13H15F5N2S2.Au/c14-8-7(9(15)11(17)12(18)10(8)16)1-2-19-3-5-20(6-4-19)13(21)22;/h13,21-22H,1-6H2;/p-2. The van der Waals surface area contributed by atoms with Gasteiger partial charge in [0.25, 0.3) is 0 Å². The maximum absolute atomic E-state index is 13.5. The van der Waals surface area contributed by atoms with E-state index in [9.17, 15) is 22.0 Å². The van der Waals surface area contributed by atoms with Gasteiger partial charge < -0.3 is 35.1 Å². The minimum atomic E-state index is -2.13. The zero-order chi connectivity index (χ0) is 16.4. The monoisotopic (exact) mass is 553 g/mol. The molecular weight excluding hydrogens is 540 g/mol. The van der Waals surface area contributed by atoms with Crippen LogP contribution in [-0.2, 0) is 54.1 Å². The van der Waals surface area contributed by atoms with E-state index in [0.717, 1.165) is 0 Å². The molecule has 0 unspecified atom stereocenters. The van der Waals surface area contributed by atoms with E-state index in [1.54, 1.807) is 0 Å². The Bertz CT molecular complexity index is 525. The van der Waals surface area contributed by atoms with Crippen LogP contribution in [0.2, 0.25) is 0 Å². The van der Waals surface area contributed by atoms with Crippen LogP contribution < -0.4 is 0 Å². The van der Waals surface area contributed by atoms with Gasteiger partial charge in [0.2, 0.25) is 5.82 Å². The first-order chi connectivity index (χ1) is 10.3. The molecule has 1 fully saturated rings. The number of halogens is 5. The second kappa shape index (κ2) is 9.07. The molecule has 0 spiro atoms. The Hall–Kier alpha value is 0.230. The Morgan fingerprint density at radius 3 is 1.65 bits per heavy atom. The molecule has 0 bridgehead atoms. The Morgan fingerprint density at radius 1 is 0.783 bits per heavy atom. The van der Waals surface area contributed by atoms with E-state index in [0.29, 0.717) is 26.2 Å². The molecule has 1 aliphatic heterocycles. The van der Waals surface area contributed by atoms with Crippen LogP contribution >= 0.6 is 0 Å². The Kier molecular flexibility index (Phi) is 8.39. The SMILES string of the molecule is Fc1c(F)c(F)c(CCN2CCN(C([S-])[S-])CC2)c(F)c1F.[Au]. The molecule has 0 aliphatic carbocycles. The maximum atomic E-state index is 13.5. The van der Waals surface area contributed by atoms with E-state index in [4.69, 9.17) is 25.3 Å². The molecule has 1 aromatic carbocycles. The molecule has 1 saturated heterocycles. The third kappa shape index (κ3) is 4.87. The number of benzene rings is 1. The van der Waals surface area contributed by atoms with Crippen molar-refractivity contribution in [2.45, 2.75) is 11.1 Å². The summed E-state index contributed by atoms with van der Waals surface area (Å²) in [5.74, 6) is -9.45. The van der Waals surface area contributed by atoms with Crippen molar-refractivity contribution in [1.82, 2.24) is 9.80 Å². The fourth-order valence-electron chi connectivity index (χ4n) is 2.34. The van der Waals surface area contributed by atoms with Gasteiger partial charge in [0.1, 0.15) is 0 Å². The quantitative estimate of drug-likeness (QED) is 0.185. The van der Waals surface area contributed by atoms with Crippen LogP contribution in [0.4, 0.5) is 22.0 Å². The first kappa shape index (κ1) is 21.3. The van der Waals surface area contributed by atoms with Crippen LogP contribution in [0, 0.1) is 29.1 Å². The van der Waals surface area contributed by atoms with Crippen molar-refractivity contribution in [2.75, 3.05) is 32.7 Å². The van der Waals surface area contributed by atoms with Crippen LogP contribution in [-0.4, -0.2) is 47.2 Å².